The average Bonchev–Trinajstić information content (AvgIpc) is 3.39. The van der Waals surface area contributed by atoms with Crippen LogP contribution in [0, 0.1) is 0 Å². The Morgan fingerprint density at radius 3 is 2.34 bits per heavy atom. The van der Waals surface area contributed by atoms with Gasteiger partial charge in [0.2, 0.25) is 0 Å². The van der Waals surface area contributed by atoms with E-state index in [9.17, 15) is 18.0 Å². The fourth-order valence-electron chi connectivity index (χ4n) is 3.44. The number of oxazole rings is 1. The number of carbonyl (C=O) groups excluding carboxylic acids is 1. The number of nitrogens with zero attached hydrogens (tertiary/aromatic N) is 3. The first-order valence-corrected chi connectivity index (χ1v) is 11.7. The molecule has 2 heterocycles. The Balaban J connectivity index is 1.37. The maximum atomic E-state index is 13.0. The molecule has 198 valence electrons. The molecule has 0 radical (unpaired) electrons. The van der Waals surface area contributed by atoms with Gasteiger partial charge in [-0.1, -0.05) is 31.2 Å². The molecule has 2 aromatic carbocycles. The maximum absolute atomic E-state index is 13.0. The van der Waals surface area contributed by atoms with Gasteiger partial charge in [-0.3, -0.25) is 9.63 Å². The molecular formula is C27H25F3N4O4. The number of rotatable bonds is 10. The van der Waals surface area contributed by atoms with Crippen LogP contribution in [-0.4, -0.2) is 34.6 Å². The summed E-state index contributed by atoms with van der Waals surface area (Å²) in [4.78, 5) is 27.1. The second kappa shape index (κ2) is 11.8. The number of hydrogen-bond acceptors (Lipinski definition) is 7. The Labute approximate surface area is 217 Å². The number of aromatic nitrogens is 2. The van der Waals surface area contributed by atoms with Gasteiger partial charge in [-0.05, 0) is 48.4 Å². The smallest absolute Gasteiger partial charge is 0.416 e. The minimum Gasteiger partial charge on any atom is -0.497 e. The number of pyridine rings is 1. The number of hydroxylamine groups is 2. The van der Waals surface area contributed by atoms with Crippen LogP contribution in [0.5, 0.6) is 5.75 Å². The lowest BCUT2D eigenvalue weighted by atomic mass is 10.1. The van der Waals surface area contributed by atoms with Gasteiger partial charge in [0.05, 0.1) is 30.8 Å². The molecule has 0 bridgehead atoms. The van der Waals surface area contributed by atoms with Gasteiger partial charge in [0.25, 0.3) is 11.9 Å². The maximum Gasteiger partial charge on any atom is 0.416 e. The van der Waals surface area contributed by atoms with Gasteiger partial charge in [0, 0.05) is 12.1 Å². The van der Waals surface area contributed by atoms with Crippen LogP contribution in [-0.2, 0) is 17.6 Å². The van der Waals surface area contributed by atoms with Crippen LogP contribution in [0.2, 0.25) is 0 Å². The second-order valence-electron chi connectivity index (χ2n) is 8.19. The van der Waals surface area contributed by atoms with Crippen molar-refractivity contribution in [3.63, 3.8) is 0 Å². The number of nitrogens with one attached hydrogen (secondary N) is 1. The molecule has 0 aliphatic rings. The molecule has 38 heavy (non-hydrogen) atoms. The molecule has 11 heteroatoms. The molecule has 8 nitrogen and oxygen atoms in total. The van der Waals surface area contributed by atoms with Crippen molar-refractivity contribution in [3.05, 3.63) is 89.9 Å². The van der Waals surface area contributed by atoms with E-state index in [1.807, 2.05) is 31.2 Å². The van der Waals surface area contributed by atoms with Crippen LogP contribution in [0.1, 0.15) is 35.0 Å². The number of anilines is 2. The normalized spacial score (nSPS) is 11.3. The van der Waals surface area contributed by atoms with Crippen molar-refractivity contribution in [2.24, 2.45) is 0 Å². The Morgan fingerprint density at radius 2 is 1.74 bits per heavy atom. The molecule has 1 amide bonds. The highest BCUT2D eigenvalue weighted by Gasteiger charge is 2.30. The van der Waals surface area contributed by atoms with Crippen LogP contribution >= 0.6 is 0 Å². The summed E-state index contributed by atoms with van der Waals surface area (Å²) in [5.41, 5.74) is 1.28. The van der Waals surface area contributed by atoms with Crippen molar-refractivity contribution in [1.29, 1.82) is 0 Å². The van der Waals surface area contributed by atoms with E-state index in [1.54, 1.807) is 19.2 Å². The Hall–Kier alpha value is -4.38. The van der Waals surface area contributed by atoms with Crippen LogP contribution in [0.15, 0.2) is 77.5 Å². The number of methoxy groups -OCH3 is 1. The molecule has 0 fully saturated rings. The molecule has 0 spiro atoms. The van der Waals surface area contributed by atoms with E-state index in [0.717, 1.165) is 23.4 Å². The minimum absolute atomic E-state index is 0.121. The lowest BCUT2D eigenvalue weighted by molar-refractivity contribution is -0.137. The third-order valence-electron chi connectivity index (χ3n) is 5.44. The zero-order chi connectivity index (χ0) is 27.1. The molecule has 2 aromatic heterocycles. The Bertz CT molecular complexity index is 1340. The minimum atomic E-state index is -4.41. The number of carbonyl (C=O) groups is 1. The first-order valence-electron chi connectivity index (χ1n) is 11.7. The van der Waals surface area contributed by atoms with Gasteiger partial charge in [0.15, 0.2) is 5.76 Å². The number of benzene rings is 2. The summed E-state index contributed by atoms with van der Waals surface area (Å²) >= 11 is 0. The van der Waals surface area contributed by atoms with E-state index in [-0.39, 0.29) is 24.2 Å². The van der Waals surface area contributed by atoms with Crippen molar-refractivity contribution in [2.75, 3.05) is 19.0 Å². The molecule has 1 N–H and O–H groups in total. The van der Waals surface area contributed by atoms with E-state index in [0.29, 0.717) is 30.0 Å². The molecule has 4 aromatic rings. The molecule has 0 saturated carbocycles. The molecule has 0 aliphatic heterocycles. The van der Waals surface area contributed by atoms with Crippen molar-refractivity contribution in [1.82, 2.24) is 15.0 Å². The quantitative estimate of drug-likeness (QED) is 0.236. The van der Waals surface area contributed by atoms with E-state index >= 15 is 0 Å². The predicted molar refractivity (Wildman–Crippen MR) is 134 cm³/mol. The van der Waals surface area contributed by atoms with Crippen molar-refractivity contribution in [3.8, 4) is 17.1 Å². The zero-order valence-electron chi connectivity index (χ0n) is 20.7. The van der Waals surface area contributed by atoms with Crippen molar-refractivity contribution < 1.29 is 32.0 Å². The molecular weight excluding hydrogens is 501 g/mol. The summed E-state index contributed by atoms with van der Waals surface area (Å²) in [5, 5.41) is 4.20. The monoisotopic (exact) mass is 526 g/mol. The lowest BCUT2D eigenvalue weighted by Gasteiger charge is -2.21. The van der Waals surface area contributed by atoms with Gasteiger partial charge >= 0.3 is 6.18 Å². The van der Waals surface area contributed by atoms with Gasteiger partial charge in [-0.25, -0.2) is 15.0 Å². The summed E-state index contributed by atoms with van der Waals surface area (Å²) in [6.07, 6.45) is -0.870. The zero-order valence-corrected chi connectivity index (χ0v) is 20.7. The number of amides is 1. The number of ether oxygens (including phenoxy) is 1. The average molecular weight is 527 g/mol. The number of alkyl halides is 3. The van der Waals surface area contributed by atoms with Crippen molar-refractivity contribution >= 4 is 17.6 Å². The molecule has 0 unspecified atom stereocenters. The Morgan fingerprint density at radius 1 is 1.00 bits per heavy atom. The highest BCUT2D eigenvalue weighted by Crippen LogP contribution is 2.31. The highest BCUT2D eigenvalue weighted by atomic mass is 19.4. The molecule has 4 rings (SSSR count). The number of hydrogen-bond donors (Lipinski definition) is 1. The summed E-state index contributed by atoms with van der Waals surface area (Å²) in [7, 11) is 1.59. The van der Waals surface area contributed by atoms with Crippen LogP contribution in [0.25, 0.3) is 11.3 Å². The van der Waals surface area contributed by atoms with E-state index < -0.39 is 11.7 Å². The van der Waals surface area contributed by atoms with Crippen LogP contribution < -0.4 is 10.1 Å². The number of halogens is 3. The van der Waals surface area contributed by atoms with E-state index in [4.69, 9.17) is 14.0 Å². The van der Waals surface area contributed by atoms with Gasteiger partial charge in [0.1, 0.15) is 18.1 Å². The predicted octanol–water partition coefficient (Wildman–Crippen LogP) is 6.49. The fraction of sp³-hybridized carbons (Fsp3) is 0.222. The van der Waals surface area contributed by atoms with Crippen molar-refractivity contribution in [2.45, 2.75) is 26.1 Å². The van der Waals surface area contributed by atoms with E-state index in [1.165, 1.54) is 29.6 Å². The molecule has 0 saturated heterocycles. The topological polar surface area (TPSA) is 89.7 Å². The highest BCUT2D eigenvalue weighted by molar-refractivity contribution is 5.91. The fourth-order valence-corrected chi connectivity index (χ4v) is 3.44. The Kier molecular flexibility index (Phi) is 8.27. The van der Waals surface area contributed by atoms with Crippen LogP contribution in [0.4, 0.5) is 24.9 Å². The first kappa shape index (κ1) is 26.7. The first-order chi connectivity index (χ1) is 18.3. The van der Waals surface area contributed by atoms with Gasteiger partial charge in [-0.15, -0.1) is 0 Å². The summed E-state index contributed by atoms with van der Waals surface area (Å²) in [6, 6.07) is 15.2. The summed E-state index contributed by atoms with van der Waals surface area (Å²) in [5.74, 6) is 0.645. The van der Waals surface area contributed by atoms with Gasteiger partial charge in [-0.2, -0.15) is 13.2 Å². The third kappa shape index (κ3) is 6.68. The molecule has 0 aliphatic carbocycles. The van der Waals surface area contributed by atoms with Gasteiger partial charge < -0.3 is 14.5 Å². The van der Waals surface area contributed by atoms with Crippen LogP contribution in [0.3, 0.4) is 0 Å². The largest absolute Gasteiger partial charge is 0.497 e. The standard InChI is InChI=1S/C27H25F3N4O4/c1-3-14-34(37-17-18-4-11-22(36-2)12-5-18)25(35)23-13-10-21(15-31-23)33-26-32-16-24(38-26)19-6-8-20(9-7-19)27(28,29)30/h4-13,15-16H,3,14,17H2,1-2H3,(H,32,33). The van der Waals surface area contributed by atoms with E-state index in [2.05, 4.69) is 15.3 Å². The SMILES string of the molecule is CCCN(OCc1ccc(OC)cc1)C(=O)c1ccc(Nc2ncc(-c3ccc(C(F)(F)F)cc3)o2)cn1. The third-order valence-corrected chi connectivity index (χ3v) is 5.44. The summed E-state index contributed by atoms with van der Waals surface area (Å²) < 4.78 is 49.1. The molecule has 0 atom stereocenters. The lowest BCUT2D eigenvalue weighted by Crippen LogP contribution is -2.32. The summed E-state index contributed by atoms with van der Waals surface area (Å²) in [6.45, 7) is 2.53. The second-order valence-corrected chi connectivity index (χ2v) is 8.19.